The molecule has 0 bridgehead atoms. The van der Waals surface area contributed by atoms with Crippen molar-refractivity contribution >= 4 is 0 Å². The molecule has 20 heavy (non-hydrogen) atoms. The summed E-state index contributed by atoms with van der Waals surface area (Å²) in [6.45, 7) is 4.43. The van der Waals surface area contributed by atoms with Gasteiger partial charge >= 0.3 is 0 Å². The first kappa shape index (κ1) is 14.4. The second-order valence-electron chi connectivity index (χ2n) is 5.47. The van der Waals surface area contributed by atoms with Gasteiger partial charge in [-0.05, 0) is 36.0 Å². The number of phenols is 1. The average Bonchev–Trinajstić information content (AvgIpc) is 2.45. The van der Waals surface area contributed by atoms with Crippen molar-refractivity contribution in [3.63, 3.8) is 0 Å². The van der Waals surface area contributed by atoms with Gasteiger partial charge in [-0.3, -0.25) is 0 Å². The molecule has 0 fully saturated rings. The van der Waals surface area contributed by atoms with Gasteiger partial charge in [-0.2, -0.15) is 0 Å². The molecule has 2 aromatic rings. The van der Waals surface area contributed by atoms with Crippen LogP contribution in [0.25, 0.3) is 11.1 Å². The van der Waals surface area contributed by atoms with Crippen LogP contribution in [-0.2, 0) is 6.42 Å². The summed E-state index contributed by atoms with van der Waals surface area (Å²) in [6, 6.07) is 13.7. The van der Waals surface area contributed by atoms with Crippen LogP contribution in [0.3, 0.4) is 0 Å². The van der Waals surface area contributed by atoms with E-state index in [1.165, 1.54) is 5.56 Å². The van der Waals surface area contributed by atoms with Crippen molar-refractivity contribution < 1.29 is 9.84 Å². The SMILES string of the molecule is COc1cc(O)cc(-c2ccccc2)c1CCC(C)C. The predicted molar refractivity (Wildman–Crippen MR) is 83.3 cm³/mol. The minimum atomic E-state index is 0.244. The molecule has 1 N–H and O–H groups in total. The number of methoxy groups -OCH3 is 1. The quantitative estimate of drug-likeness (QED) is 0.856. The van der Waals surface area contributed by atoms with Gasteiger partial charge in [-0.15, -0.1) is 0 Å². The summed E-state index contributed by atoms with van der Waals surface area (Å²) >= 11 is 0. The third kappa shape index (κ3) is 3.32. The van der Waals surface area contributed by atoms with Crippen molar-refractivity contribution in [3.8, 4) is 22.6 Å². The van der Waals surface area contributed by atoms with Crippen molar-refractivity contribution in [2.45, 2.75) is 26.7 Å². The molecule has 0 unspecified atom stereocenters. The van der Waals surface area contributed by atoms with Gasteiger partial charge in [0.05, 0.1) is 7.11 Å². The Morgan fingerprint density at radius 1 is 1.10 bits per heavy atom. The Kier molecular flexibility index (Phi) is 4.67. The number of hydrogen-bond donors (Lipinski definition) is 1. The van der Waals surface area contributed by atoms with Gasteiger partial charge in [0.15, 0.2) is 0 Å². The Hall–Kier alpha value is -1.96. The molecule has 2 nitrogen and oxygen atoms in total. The molecule has 2 heteroatoms. The summed E-state index contributed by atoms with van der Waals surface area (Å²) < 4.78 is 5.46. The van der Waals surface area contributed by atoms with Crippen LogP contribution in [0, 0.1) is 5.92 Å². The van der Waals surface area contributed by atoms with E-state index in [9.17, 15) is 5.11 Å². The minimum absolute atomic E-state index is 0.244. The van der Waals surface area contributed by atoms with Gasteiger partial charge in [-0.25, -0.2) is 0 Å². The summed E-state index contributed by atoms with van der Waals surface area (Å²) in [4.78, 5) is 0. The molecule has 0 radical (unpaired) electrons. The fourth-order valence-corrected chi connectivity index (χ4v) is 2.38. The Labute approximate surface area is 121 Å². The first-order valence-electron chi connectivity index (χ1n) is 7.07. The third-order valence-corrected chi connectivity index (χ3v) is 3.47. The molecular weight excluding hydrogens is 248 g/mol. The van der Waals surface area contributed by atoms with E-state index >= 15 is 0 Å². The maximum atomic E-state index is 9.91. The highest BCUT2D eigenvalue weighted by Gasteiger charge is 2.13. The first-order valence-corrected chi connectivity index (χ1v) is 7.07. The van der Waals surface area contributed by atoms with E-state index < -0.39 is 0 Å². The van der Waals surface area contributed by atoms with E-state index in [0.29, 0.717) is 5.92 Å². The van der Waals surface area contributed by atoms with Crippen LogP contribution in [0.4, 0.5) is 0 Å². The first-order chi connectivity index (χ1) is 9.61. The lowest BCUT2D eigenvalue weighted by atomic mass is 9.93. The summed E-state index contributed by atoms with van der Waals surface area (Å²) in [6.07, 6.45) is 2.05. The second kappa shape index (κ2) is 6.47. The highest BCUT2D eigenvalue weighted by atomic mass is 16.5. The standard InChI is InChI=1S/C18H22O2/c1-13(2)9-10-16-17(14-7-5-4-6-8-14)11-15(19)12-18(16)20-3/h4-8,11-13,19H,9-10H2,1-3H3. The molecule has 0 saturated heterocycles. The molecule has 0 aliphatic carbocycles. The zero-order valence-corrected chi connectivity index (χ0v) is 12.4. The highest BCUT2D eigenvalue weighted by Crippen LogP contribution is 2.36. The zero-order chi connectivity index (χ0) is 14.5. The van der Waals surface area contributed by atoms with Gasteiger partial charge in [0.1, 0.15) is 11.5 Å². The molecule has 0 aliphatic heterocycles. The number of rotatable bonds is 5. The maximum absolute atomic E-state index is 9.91. The normalized spacial score (nSPS) is 10.8. The lowest BCUT2D eigenvalue weighted by molar-refractivity contribution is 0.401. The monoisotopic (exact) mass is 270 g/mol. The summed E-state index contributed by atoms with van der Waals surface area (Å²) in [5, 5.41) is 9.91. The van der Waals surface area contributed by atoms with Gasteiger partial charge < -0.3 is 9.84 Å². The van der Waals surface area contributed by atoms with E-state index in [1.54, 1.807) is 13.2 Å². The number of aromatic hydroxyl groups is 1. The Morgan fingerprint density at radius 3 is 2.40 bits per heavy atom. The van der Waals surface area contributed by atoms with Crippen LogP contribution in [0.1, 0.15) is 25.8 Å². The lowest BCUT2D eigenvalue weighted by Gasteiger charge is -2.16. The number of phenolic OH excluding ortho intramolecular Hbond substituents is 1. The number of ether oxygens (including phenoxy) is 1. The Bertz CT molecular complexity index is 559. The van der Waals surface area contributed by atoms with Crippen molar-refractivity contribution in [3.05, 3.63) is 48.0 Å². The van der Waals surface area contributed by atoms with Crippen molar-refractivity contribution in [1.29, 1.82) is 0 Å². The Morgan fingerprint density at radius 2 is 1.80 bits per heavy atom. The van der Waals surface area contributed by atoms with Gasteiger partial charge in [-0.1, -0.05) is 44.2 Å². The second-order valence-corrected chi connectivity index (χ2v) is 5.47. The van der Waals surface area contributed by atoms with Crippen LogP contribution in [0.15, 0.2) is 42.5 Å². The average molecular weight is 270 g/mol. The number of benzene rings is 2. The van der Waals surface area contributed by atoms with Gasteiger partial charge in [0.2, 0.25) is 0 Å². The molecule has 0 atom stereocenters. The van der Waals surface area contributed by atoms with E-state index in [0.717, 1.165) is 29.7 Å². The van der Waals surface area contributed by atoms with Crippen LogP contribution >= 0.6 is 0 Å². The van der Waals surface area contributed by atoms with Crippen LogP contribution in [0.2, 0.25) is 0 Å². The fourth-order valence-electron chi connectivity index (χ4n) is 2.38. The topological polar surface area (TPSA) is 29.5 Å². The number of hydrogen-bond acceptors (Lipinski definition) is 2. The zero-order valence-electron chi connectivity index (χ0n) is 12.4. The molecule has 0 aromatic heterocycles. The molecule has 0 aliphatic rings. The largest absolute Gasteiger partial charge is 0.508 e. The molecule has 2 rings (SSSR count). The summed E-state index contributed by atoms with van der Waals surface area (Å²) in [5.41, 5.74) is 3.34. The maximum Gasteiger partial charge on any atom is 0.126 e. The minimum Gasteiger partial charge on any atom is -0.508 e. The Balaban J connectivity index is 2.50. The smallest absolute Gasteiger partial charge is 0.126 e. The molecule has 2 aromatic carbocycles. The molecule has 106 valence electrons. The van der Waals surface area contributed by atoms with Crippen LogP contribution < -0.4 is 4.74 Å². The molecule has 0 saturated carbocycles. The third-order valence-electron chi connectivity index (χ3n) is 3.47. The molecule has 0 heterocycles. The predicted octanol–water partition coefficient (Wildman–Crippen LogP) is 4.66. The van der Waals surface area contributed by atoms with Crippen molar-refractivity contribution in [2.24, 2.45) is 5.92 Å². The van der Waals surface area contributed by atoms with Gasteiger partial charge in [0.25, 0.3) is 0 Å². The van der Waals surface area contributed by atoms with E-state index in [-0.39, 0.29) is 5.75 Å². The molecular formula is C18H22O2. The van der Waals surface area contributed by atoms with Crippen molar-refractivity contribution in [2.75, 3.05) is 7.11 Å². The van der Waals surface area contributed by atoms with E-state index in [1.807, 2.05) is 24.3 Å². The van der Waals surface area contributed by atoms with Crippen molar-refractivity contribution in [1.82, 2.24) is 0 Å². The van der Waals surface area contributed by atoms with Crippen LogP contribution in [0.5, 0.6) is 11.5 Å². The summed E-state index contributed by atoms with van der Waals surface area (Å²) in [5.74, 6) is 1.65. The van der Waals surface area contributed by atoms with E-state index in [2.05, 4.69) is 26.0 Å². The highest BCUT2D eigenvalue weighted by molar-refractivity contribution is 5.72. The van der Waals surface area contributed by atoms with Crippen LogP contribution in [-0.4, -0.2) is 12.2 Å². The fraction of sp³-hybridized carbons (Fsp3) is 0.333. The summed E-state index contributed by atoms with van der Waals surface area (Å²) in [7, 11) is 1.66. The molecule has 0 spiro atoms. The van der Waals surface area contributed by atoms with E-state index in [4.69, 9.17) is 4.74 Å². The van der Waals surface area contributed by atoms with Gasteiger partial charge in [0, 0.05) is 11.6 Å². The lowest BCUT2D eigenvalue weighted by Crippen LogP contribution is -1.99. The molecule has 0 amide bonds.